The Hall–Kier alpha value is -4.85. The zero-order valence-corrected chi connectivity index (χ0v) is 23.5. The van der Waals surface area contributed by atoms with E-state index in [2.05, 4.69) is 42.7 Å². The van der Waals surface area contributed by atoms with Crippen LogP contribution in [-0.2, 0) is 10.9 Å². The van der Waals surface area contributed by atoms with Gasteiger partial charge >= 0.3 is 6.18 Å². The van der Waals surface area contributed by atoms with Crippen LogP contribution in [0.15, 0.2) is 66.6 Å². The van der Waals surface area contributed by atoms with Crippen molar-refractivity contribution in [3.63, 3.8) is 0 Å². The van der Waals surface area contributed by atoms with Crippen LogP contribution in [0.5, 0.6) is 0 Å². The van der Waals surface area contributed by atoms with Crippen LogP contribution in [0.25, 0.3) is 5.57 Å². The Morgan fingerprint density at radius 2 is 1.88 bits per heavy atom. The molecule has 1 saturated heterocycles. The number of aromatic nitrogens is 3. The number of pyridine rings is 1. The molecule has 1 fully saturated rings. The molecule has 3 aromatic rings. The second-order valence-corrected chi connectivity index (χ2v) is 9.66. The standard InChI is InChI=1S/C29H30F4N8O2/c1-4-34-8-7-23(18(2)3)19-13-20(29(31,32)33)15-22(14-19)37-21-5-6-25(35-16-21)27(42)39-40-28-36-17-24(30)26(38-28)41-9-11-43-12-10-41/h4-8,13-18,37H,1,9-12H2,2-3H3,(H,39,42)(H,36,38,40)/b23-7+,34-8?. The Kier molecular flexibility index (Phi) is 10.0. The third kappa shape index (κ3) is 8.35. The van der Waals surface area contributed by atoms with E-state index < -0.39 is 23.5 Å². The Bertz CT molecular complexity index is 1500. The first kappa shape index (κ1) is 31.1. The van der Waals surface area contributed by atoms with Crippen molar-refractivity contribution in [1.82, 2.24) is 20.4 Å². The molecule has 0 spiro atoms. The van der Waals surface area contributed by atoms with E-state index in [4.69, 9.17) is 4.74 Å². The summed E-state index contributed by atoms with van der Waals surface area (Å²) in [4.78, 5) is 30.3. The van der Waals surface area contributed by atoms with E-state index in [9.17, 15) is 22.4 Å². The van der Waals surface area contributed by atoms with Crippen molar-refractivity contribution in [2.24, 2.45) is 10.9 Å². The Morgan fingerprint density at radius 3 is 2.53 bits per heavy atom. The number of amides is 1. The average Bonchev–Trinajstić information content (AvgIpc) is 2.99. The van der Waals surface area contributed by atoms with Crippen molar-refractivity contribution in [3.8, 4) is 0 Å². The summed E-state index contributed by atoms with van der Waals surface area (Å²) in [5.41, 5.74) is 5.68. The van der Waals surface area contributed by atoms with Gasteiger partial charge in [0.15, 0.2) is 11.6 Å². The summed E-state index contributed by atoms with van der Waals surface area (Å²) in [5, 5.41) is 2.93. The van der Waals surface area contributed by atoms with Crippen molar-refractivity contribution in [1.29, 1.82) is 0 Å². The number of nitrogens with one attached hydrogen (secondary N) is 3. The van der Waals surface area contributed by atoms with E-state index >= 15 is 0 Å². The largest absolute Gasteiger partial charge is 0.416 e. The third-order valence-corrected chi connectivity index (χ3v) is 6.27. The maximum atomic E-state index is 14.2. The third-order valence-electron chi connectivity index (χ3n) is 6.27. The Labute approximate surface area is 245 Å². The highest BCUT2D eigenvalue weighted by Crippen LogP contribution is 2.36. The normalized spacial score (nSPS) is 14.2. The SMILES string of the molecule is C=CN=C/C=C(/c1cc(Nc2ccc(C(=O)NNc3ncc(F)c(N4CCOCC4)n3)nc2)cc(C(F)(F)F)c1)C(C)C. The summed E-state index contributed by atoms with van der Waals surface area (Å²) >= 11 is 0. The number of carbonyl (C=O) groups excluding carboxylic acids is 1. The van der Waals surface area contributed by atoms with Crippen LogP contribution >= 0.6 is 0 Å². The van der Waals surface area contributed by atoms with Crippen molar-refractivity contribution in [3.05, 3.63) is 84.2 Å². The highest BCUT2D eigenvalue weighted by molar-refractivity contribution is 5.93. The Balaban J connectivity index is 1.47. The number of hydrazine groups is 1. The molecule has 0 aliphatic carbocycles. The van der Waals surface area contributed by atoms with Gasteiger partial charge in [-0.3, -0.25) is 20.6 Å². The number of aliphatic imine (C=N–C) groups is 1. The lowest BCUT2D eigenvalue weighted by Crippen LogP contribution is -2.38. The first-order chi connectivity index (χ1) is 20.5. The average molecular weight is 599 g/mol. The minimum Gasteiger partial charge on any atom is -0.378 e. The second kappa shape index (κ2) is 13.9. The van der Waals surface area contributed by atoms with Crippen molar-refractivity contribution >= 4 is 40.8 Å². The molecule has 14 heteroatoms. The summed E-state index contributed by atoms with van der Waals surface area (Å²) in [5.74, 6) is -1.27. The van der Waals surface area contributed by atoms with E-state index in [0.29, 0.717) is 43.1 Å². The van der Waals surface area contributed by atoms with Crippen molar-refractivity contribution in [2.45, 2.75) is 20.0 Å². The zero-order chi connectivity index (χ0) is 31.0. The van der Waals surface area contributed by atoms with Crippen molar-refractivity contribution in [2.75, 3.05) is 41.9 Å². The highest BCUT2D eigenvalue weighted by Gasteiger charge is 2.31. The molecule has 0 saturated carbocycles. The zero-order valence-electron chi connectivity index (χ0n) is 23.5. The van der Waals surface area contributed by atoms with Gasteiger partial charge < -0.3 is 15.0 Å². The molecule has 3 heterocycles. The summed E-state index contributed by atoms with van der Waals surface area (Å²) < 4.78 is 60.8. The van der Waals surface area contributed by atoms with E-state index in [1.165, 1.54) is 30.7 Å². The molecule has 10 nitrogen and oxygen atoms in total. The molecule has 0 unspecified atom stereocenters. The number of rotatable bonds is 10. The van der Waals surface area contributed by atoms with Gasteiger partial charge in [0.25, 0.3) is 5.91 Å². The monoisotopic (exact) mass is 598 g/mol. The number of ether oxygens (including phenoxy) is 1. The molecule has 226 valence electrons. The first-order valence-electron chi connectivity index (χ1n) is 13.3. The quantitative estimate of drug-likeness (QED) is 0.157. The predicted octanol–water partition coefficient (Wildman–Crippen LogP) is 5.62. The summed E-state index contributed by atoms with van der Waals surface area (Å²) in [6.45, 7) is 9.05. The molecule has 0 radical (unpaired) electrons. The summed E-state index contributed by atoms with van der Waals surface area (Å²) in [7, 11) is 0. The molecular weight excluding hydrogens is 568 g/mol. The summed E-state index contributed by atoms with van der Waals surface area (Å²) in [6, 6.07) is 6.58. The lowest BCUT2D eigenvalue weighted by molar-refractivity contribution is -0.137. The number of allylic oxidation sites excluding steroid dienone is 2. The lowest BCUT2D eigenvalue weighted by Gasteiger charge is -2.28. The highest BCUT2D eigenvalue weighted by atomic mass is 19.4. The van der Waals surface area contributed by atoms with Gasteiger partial charge in [-0.2, -0.15) is 18.2 Å². The van der Waals surface area contributed by atoms with Crippen LogP contribution < -0.4 is 21.1 Å². The van der Waals surface area contributed by atoms with Crippen LogP contribution in [0.3, 0.4) is 0 Å². The fourth-order valence-electron chi connectivity index (χ4n) is 4.20. The van der Waals surface area contributed by atoms with Gasteiger partial charge in [-0.25, -0.2) is 14.4 Å². The van der Waals surface area contributed by atoms with Crippen LogP contribution in [-0.4, -0.2) is 53.4 Å². The maximum Gasteiger partial charge on any atom is 0.416 e. The number of halogens is 4. The number of hydrogen-bond donors (Lipinski definition) is 3. The molecule has 1 amide bonds. The van der Waals surface area contributed by atoms with Gasteiger partial charge in [-0.05, 0) is 53.5 Å². The van der Waals surface area contributed by atoms with Crippen LogP contribution in [0.2, 0.25) is 0 Å². The van der Waals surface area contributed by atoms with Crippen LogP contribution in [0, 0.1) is 11.7 Å². The van der Waals surface area contributed by atoms with E-state index in [0.717, 1.165) is 18.3 Å². The number of morpholine rings is 1. The van der Waals surface area contributed by atoms with Gasteiger partial charge in [0, 0.05) is 31.2 Å². The number of anilines is 4. The van der Waals surface area contributed by atoms with Gasteiger partial charge in [0.2, 0.25) is 5.95 Å². The van der Waals surface area contributed by atoms with Gasteiger partial charge in [0.1, 0.15) is 5.69 Å². The van der Waals surface area contributed by atoms with Gasteiger partial charge in [0.05, 0.1) is 36.9 Å². The molecule has 1 aliphatic heterocycles. The van der Waals surface area contributed by atoms with E-state index in [1.54, 1.807) is 17.0 Å². The molecule has 3 N–H and O–H groups in total. The first-order valence-corrected chi connectivity index (χ1v) is 13.3. The molecule has 0 bridgehead atoms. The van der Waals surface area contributed by atoms with E-state index in [-0.39, 0.29) is 29.1 Å². The molecule has 43 heavy (non-hydrogen) atoms. The number of carbonyl (C=O) groups is 1. The fourth-order valence-corrected chi connectivity index (χ4v) is 4.20. The van der Waals surface area contributed by atoms with E-state index in [1.807, 2.05) is 13.8 Å². The molecule has 0 atom stereocenters. The molecular formula is C29H30F4N8O2. The number of hydrogen-bond acceptors (Lipinski definition) is 9. The lowest BCUT2D eigenvalue weighted by atomic mass is 9.93. The van der Waals surface area contributed by atoms with Crippen LogP contribution in [0.1, 0.15) is 35.5 Å². The topological polar surface area (TPSA) is 117 Å². The van der Waals surface area contributed by atoms with Gasteiger partial charge in [-0.15, -0.1) is 0 Å². The minimum absolute atomic E-state index is 0.00447. The number of nitrogens with zero attached hydrogens (tertiary/aromatic N) is 5. The van der Waals surface area contributed by atoms with Crippen LogP contribution in [0.4, 0.5) is 40.7 Å². The molecule has 1 aliphatic rings. The smallest absolute Gasteiger partial charge is 0.378 e. The second-order valence-electron chi connectivity index (χ2n) is 9.66. The fraction of sp³-hybridized carbons (Fsp3) is 0.276. The molecule has 4 rings (SSSR count). The predicted molar refractivity (Wildman–Crippen MR) is 157 cm³/mol. The maximum absolute atomic E-state index is 14.2. The summed E-state index contributed by atoms with van der Waals surface area (Å²) in [6.07, 6.45) is 2.20. The van der Waals surface area contributed by atoms with Crippen molar-refractivity contribution < 1.29 is 27.1 Å². The Morgan fingerprint density at radius 1 is 1.12 bits per heavy atom. The number of alkyl halides is 3. The van der Waals surface area contributed by atoms with Gasteiger partial charge in [-0.1, -0.05) is 20.4 Å². The molecule has 1 aromatic carbocycles. The number of benzene rings is 1. The molecule has 2 aromatic heterocycles. The minimum atomic E-state index is -4.58.